The van der Waals surface area contributed by atoms with Crippen LogP contribution in [0.3, 0.4) is 0 Å². The molecule has 0 N–H and O–H groups in total. The van der Waals surface area contributed by atoms with Crippen molar-refractivity contribution in [1.29, 1.82) is 0 Å². The van der Waals surface area contributed by atoms with E-state index < -0.39 is 0 Å². The SMILES string of the molecule is CN(CCOc1ccccc1)C(=O)Cc1coc(-c2ccccc2)n1. The fourth-order valence-electron chi connectivity index (χ4n) is 2.33. The number of nitrogens with zero attached hydrogens (tertiary/aromatic N) is 2. The molecular formula is C20H20N2O3. The van der Waals surface area contributed by atoms with E-state index in [0.29, 0.717) is 24.7 Å². The lowest BCUT2D eigenvalue weighted by atomic mass is 10.2. The molecule has 0 bridgehead atoms. The van der Waals surface area contributed by atoms with Gasteiger partial charge < -0.3 is 14.1 Å². The van der Waals surface area contributed by atoms with Crippen molar-refractivity contribution >= 4 is 5.91 Å². The normalized spacial score (nSPS) is 10.4. The summed E-state index contributed by atoms with van der Waals surface area (Å²) in [6.07, 6.45) is 1.74. The Morgan fingerprint density at radius 3 is 2.48 bits per heavy atom. The Hall–Kier alpha value is -3.08. The Balaban J connectivity index is 1.49. The summed E-state index contributed by atoms with van der Waals surface area (Å²) in [5, 5.41) is 0. The van der Waals surface area contributed by atoms with Gasteiger partial charge in [0, 0.05) is 12.6 Å². The summed E-state index contributed by atoms with van der Waals surface area (Å²) in [4.78, 5) is 18.3. The lowest BCUT2D eigenvalue weighted by Gasteiger charge is -2.16. The van der Waals surface area contributed by atoms with E-state index >= 15 is 0 Å². The van der Waals surface area contributed by atoms with Crippen molar-refractivity contribution in [3.05, 3.63) is 72.6 Å². The Morgan fingerprint density at radius 2 is 1.76 bits per heavy atom. The Bertz CT molecular complexity index is 800. The van der Waals surface area contributed by atoms with Crippen molar-refractivity contribution < 1.29 is 13.9 Å². The molecule has 3 aromatic rings. The van der Waals surface area contributed by atoms with Gasteiger partial charge >= 0.3 is 0 Å². The fourth-order valence-corrected chi connectivity index (χ4v) is 2.33. The van der Waals surface area contributed by atoms with Crippen molar-refractivity contribution in [3.63, 3.8) is 0 Å². The van der Waals surface area contributed by atoms with E-state index in [0.717, 1.165) is 11.3 Å². The first-order valence-electron chi connectivity index (χ1n) is 8.14. The second kappa shape index (κ2) is 8.15. The first-order valence-corrected chi connectivity index (χ1v) is 8.14. The summed E-state index contributed by atoms with van der Waals surface area (Å²) in [5.74, 6) is 1.30. The third kappa shape index (κ3) is 4.70. The summed E-state index contributed by atoms with van der Waals surface area (Å²) in [5.41, 5.74) is 1.52. The molecule has 1 amide bonds. The van der Waals surface area contributed by atoms with Crippen molar-refractivity contribution in [1.82, 2.24) is 9.88 Å². The van der Waals surface area contributed by atoms with Gasteiger partial charge in [-0.2, -0.15) is 0 Å². The lowest BCUT2D eigenvalue weighted by molar-refractivity contribution is -0.129. The molecule has 0 fully saturated rings. The first kappa shape index (κ1) is 16.8. The molecule has 3 rings (SSSR count). The quantitative estimate of drug-likeness (QED) is 0.663. The Morgan fingerprint density at radius 1 is 1.08 bits per heavy atom. The summed E-state index contributed by atoms with van der Waals surface area (Å²) in [6, 6.07) is 19.2. The van der Waals surface area contributed by atoms with Crippen molar-refractivity contribution in [2.24, 2.45) is 0 Å². The topological polar surface area (TPSA) is 55.6 Å². The van der Waals surface area contributed by atoms with E-state index in [9.17, 15) is 4.79 Å². The zero-order chi connectivity index (χ0) is 17.5. The van der Waals surface area contributed by atoms with Crippen LogP contribution in [0.1, 0.15) is 5.69 Å². The smallest absolute Gasteiger partial charge is 0.228 e. The number of hydrogen-bond acceptors (Lipinski definition) is 4. The molecule has 0 radical (unpaired) electrons. The number of aromatic nitrogens is 1. The van der Waals surface area contributed by atoms with Gasteiger partial charge in [0.25, 0.3) is 0 Å². The van der Waals surface area contributed by atoms with Crippen LogP contribution in [0.25, 0.3) is 11.5 Å². The van der Waals surface area contributed by atoms with Crippen LogP contribution in [0.4, 0.5) is 0 Å². The lowest BCUT2D eigenvalue weighted by Crippen LogP contribution is -2.32. The Labute approximate surface area is 146 Å². The van der Waals surface area contributed by atoms with Gasteiger partial charge in [0.05, 0.1) is 18.7 Å². The van der Waals surface area contributed by atoms with E-state index in [1.807, 2.05) is 60.7 Å². The number of likely N-dealkylation sites (N-methyl/N-ethyl adjacent to an activating group) is 1. The van der Waals surface area contributed by atoms with Crippen LogP contribution >= 0.6 is 0 Å². The van der Waals surface area contributed by atoms with Crippen LogP contribution in [0.15, 0.2) is 71.3 Å². The van der Waals surface area contributed by atoms with Gasteiger partial charge in [-0.3, -0.25) is 4.79 Å². The zero-order valence-electron chi connectivity index (χ0n) is 14.1. The standard InChI is InChI=1S/C20H20N2O3/c1-22(12-13-24-18-10-6-3-7-11-18)19(23)14-17-15-25-20(21-17)16-8-4-2-5-9-16/h2-11,15H,12-14H2,1H3. The van der Waals surface area contributed by atoms with Crippen LogP contribution in [-0.4, -0.2) is 36.0 Å². The minimum atomic E-state index is -0.0235. The molecule has 0 saturated heterocycles. The van der Waals surface area contributed by atoms with Gasteiger partial charge in [0.2, 0.25) is 11.8 Å². The fraction of sp³-hybridized carbons (Fsp3) is 0.200. The number of carbonyl (C=O) groups excluding carboxylic acids is 1. The van der Waals surface area contributed by atoms with Gasteiger partial charge in [-0.15, -0.1) is 0 Å². The highest BCUT2D eigenvalue weighted by Crippen LogP contribution is 2.18. The van der Waals surface area contributed by atoms with Gasteiger partial charge in [-0.25, -0.2) is 4.98 Å². The van der Waals surface area contributed by atoms with E-state index in [1.165, 1.54) is 6.26 Å². The van der Waals surface area contributed by atoms with Gasteiger partial charge in [0.1, 0.15) is 18.6 Å². The zero-order valence-corrected chi connectivity index (χ0v) is 14.1. The second-order valence-corrected chi connectivity index (χ2v) is 5.66. The van der Waals surface area contributed by atoms with Crippen LogP contribution in [0.2, 0.25) is 0 Å². The average molecular weight is 336 g/mol. The molecule has 0 spiro atoms. The van der Waals surface area contributed by atoms with Gasteiger partial charge in [0.15, 0.2) is 0 Å². The molecule has 1 aromatic heterocycles. The number of hydrogen-bond donors (Lipinski definition) is 0. The minimum absolute atomic E-state index is 0.0235. The number of amides is 1. The number of ether oxygens (including phenoxy) is 1. The Kier molecular flexibility index (Phi) is 5.46. The maximum Gasteiger partial charge on any atom is 0.228 e. The van der Waals surface area contributed by atoms with Gasteiger partial charge in [-0.05, 0) is 24.3 Å². The third-order valence-electron chi connectivity index (χ3n) is 3.77. The second-order valence-electron chi connectivity index (χ2n) is 5.66. The van der Waals surface area contributed by atoms with Crippen LogP contribution in [0.5, 0.6) is 5.75 Å². The molecule has 25 heavy (non-hydrogen) atoms. The largest absolute Gasteiger partial charge is 0.492 e. The molecule has 0 aliphatic carbocycles. The van der Waals surface area contributed by atoms with Crippen LogP contribution < -0.4 is 4.74 Å². The maximum absolute atomic E-state index is 12.3. The predicted molar refractivity (Wildman–Crippen MR) is 95.2 cm³/mol. The number of carbonyl (C=O) groups is 1. The van der Waals surface area contributed by atoms with E-state index in [2.05, 4.69) is 4.98 Å². The van der Waals surface area contributed by atoms with E-state index in [1.54, 1.807) is 11.9 Å². The molecule has 5 heteroatoms. The molecule has 0 atom stereocenters. The van der Waals surface area contributed by atoms with E-state index in [-0.39, 0.29) is 12.3 Å². The molecule has 1 heterocycles. The molecule has 2 aromatic carbocycles. The average Bonchev–Trinajstić information content (AvgIpc) is 3.12. The van der Waals surface area contributed by atoms with E-state index in [4.69, 9.17) is 9.15 Å². The van der Waals surface area contributed by atoms with Crippen molar-refractivity contribution in [2.45, 2.75) is 6.42 Å². The van der Waals surface area contributed by atoms with Gasteiger partial charge in [-0.1, -0.05) is 36.4 Å². The monoisotopic (exact) mass is 336 g/mol. The maximum atomic E-state index is 12.3. The number of benzene rings is 2. The highest BCUT2D eigenvalue weighted by Gasteiger charge is 2.13. The summed E-state index contributed by atoms with van der Waals surface area (Å²) in [6.45, 7) is 0.956. The van der Waals surface area contributed by atoms with Crippen molar-refractivity contribution in [3.8, 4) is 17.2 Å². The predicted octanol–water partition coefficient (Wildman–Crippen LogP) is 3.42. The number of rotatable bonds is 7. The molecule has 0 aliphatic heterocycles. The summed E-state index contributed by atoms with van der Waals surface area (Å²) >= 11 is 0. The molecule has 5 nitrogen and oxygen atoms in total. The highest BCUT2D eigenvalue weighted by atomic mass is 16.5. The third-order valence-corrected chi connectivity index (χ3v) is 3.77. The highest BCUT2D eigenvalue weighted by molar-refractivity contribution is 5.78. The molecule has 0 unspecified atom stereocenters. The summed E-state index contributed by atoms with van der Waals surface area (Å²) in [7, 11) is 1.76. The summed E-state index contributed by atoms with van der Waals surface area (Å²) < 4.78 is 11.1. The van der Waals surface area contributed by atoms with Crippen LogP contribution in [0, 0.1) is 0 Å². The number of para-hydroxylation sites is 1. The molecule has 0 aliphatic rings. The molecular weight excluding hydrogens is 316 g/mol. The molecule has 0 saturated carbocycles. The van der Waals surface area contributed by atoms with Crippen molar-refractivity contribution in [2.75, 3.05) is 20.2 Å². The van der Waals surface area contributed by atoms with Crippen LogP contribution in [-0.2, 0) is 11.2 Å². The number of oxazole rings is 1. The first-order chi connectivity index (χ1) is 12.2. The molecule has 128 valence electrons. The minimum Gasteiger partial charge on any atom is -0.492 e.